The third-order valence-corrected chi connectivity index (χ3v) is 2.58. The van der Waals surface area contributed by atoms with Gasteiger partial charge in [-0.15, -0.1) is 0 Å². The van der Waals surface area contributed by atoms with Crippen LogP contribution in [-0.2, 0) is 0 Å². The Labute approximate surface area is 110 Å². The largest absolute Gasteiger partial charge is 0.360 e. The fourth-order valence-electron chi connectivity index (χ4n) is 1.53. The van der Waals surface area contributed by atoms with Crippen LogP contribution in [0.25, 0.3) is 0 Å². The Morgan fingerprint density at radius 2 is 2.21 bits per heavy atom. The zero-order valence-corrected chi connectivity index (χ0v) is 10.7. The van der Waals surface area contributed by atoms with Gasteiger partial charge in [-0.05, 0) is 18.2 Å². The van der Waals surface area contributed by atoms with E-state index in [9.17, 15) is 4.79 Å². The van der Waals surface area contributed by atoms with Gasteiger partial charge in [-0.25, -0.2) is 0 Å². The first-order valence-corrected chi connectivity index (χ1v) is 5.88. The number of hydrogen-bond acceptors (Lipinski definition) is 4. The van der Waals surface area contributed by atoms with Crippen molar-refractivity contribution in [1.29, 1.82) is 5.26 Å². The molecule has 96 valence electrons. The number of benzene rings is 1. The Balaban J connectivity index is 2.14. The van der Waals surface area contributed by atoms with Crippen LogP contribution in [0.1, 0.15) is 41.6 Å². The number of nitrogens with one attached hydrogen (secondary N) is 1. The Hall–Kier alpha value is -2.61. The van der Waals surface area contributed by atoms with Gasteiger partial charge in [0, 0.05) is 17.7 Å². The SMILES string of the molecule is CC(C)c1cc(C(=O)Nc2cccc(C#N)c2)no1. The van der Waals surface area contributed by atoms with Crippen LogP contribution in [-0.4, -0.2) is 11.1 Å². The van der Waals surface area contributed by atoms with Crippen LogP contribution in [0.15, 0.2) is 34.9 Å². The second-order valence-corrected chi connectivity index (χ2v) is 4.42. The van der Waals surface area contributed by atoms with Crippen molar-refractivity contribution in [2.75, 3.05) is 5.32 Å². The summed E-state index contributed by atoms with van der Waals surface area (Å²) in [6.45, 7) is 3.91. The molecule has 2 rings (SSSR count). The third kappa shape index (κ3) is 2.99. The molecule has 1 aromatic heterocycles. The van der Waals surface area contributed by atoms with Crippen molar-refractivity contribution in [1.82, 2.24) is 5.16 Å². The van der Waals surface area contributed by atoms with Crippen molar-refractivity contribution < 1.29 is 9.32 Å². The number of anilines is 1. The van der Waals surface area contributed by atoms with E-state index in [0.29, 0.717) is 17.0 Å². The second-order valence-electron chi connectivity index (χ2n) is 4.42. The highest BCUT2D eigenvalue weighted by Crippen LogP contribution is 2.16. The monoisotopic (exact) mass is 255 g/mol. The van der Waals surface area contributed by atoms with Crippen molar-refractivity contribution >= 4 is 11.6 Å². The molecule has 0 bridgehead atoms. The average Bonchev–Trinajstić information content (AvgIpc) is 2.89. The number of carbonyl (C=O) groups is 1. The molecule has 0 spiro atoms. The van der Waals surface area contributed by atoms with Gasteiger partial charge in [0.1, 0.15) is 5.76 Å². The molecule has 1 amide bonds. The summed E-state index contributed by atoms with van der Waals surface area (Å²) in [5.41, 5.74) is 1.27. The summed E-state index contributed by atoms with van der Waals surface area (Å²) in [7, 11) is 0. The van der Waals surface area contributed by atoms with Gasteiger partial charge in [0.25, 0.3) is 5.91 Å². The van der Waals surface area contributed by atoms with Crippen molar-refractivity contribution in [3.8, 4) is 6.07 Å². The molecule has 1 N–H and O–H groups in total. The van der Waals surface area contributed by atoms with E-state index in [1.807, 2.05) is 19.9 Å². The van der Waals surface area contributed by atoms with E-state index in [4.69, 9.17) is 9.78 Å². The lowest BCUT2D eigenvalue weighted by Gasteiger charge is -2.02. The predicted molar refractivity (Wildman–Crippen MR) is 69.7 cm³/mol. The predicted octanol–water partition coefficient (Wildman–Crippen LogP) is 2.92. The topological polar surface area (TPSA) is 78.9 Å². The van der Waals surface area contributed by atoms with Gasteiger partial charge in [0.05, 0.1) is 11.6 Å². The Morgan fingerprint density at radius 1 is 1.42 bits per heavy atom. The van der Waals surface area contributed by atoms with Crippen molar-refractivity contribution in [2.24, 2.45) is 0 Å². The van der Waals surface area contributed by atoms with Crippen LogP contribution in [0.3, 0.4) is 0 Å². The standard InChI is InChI=1S/C14H13N3O2/c1-9(2)13-7-12(17-19-13)14(18)16-11-5-3-4-10(6-11)8-15/h3-7,9H,1-2H3,(H,16,18). The van der Waals surface area contributed by atoms with Crippen molar-refractivity contribution in [3.63, 3.8) is 0 Å². The zero-order valence-electron chi connectivity index (χ0n) is 10.7. The van der Waals surface area contributed by atoms with Crippen molar-refractivity contribution in [2.45, 2.75) is 19.8 Å². The Morgan fingerprint density at radius 3 is 2.84 bits per heavy atom. The molecule has 0 radical (unpaired) electrons. The molecule has 0 atom stereocenters. The highest BCUT2D eigenvalue weighted by Gasteiger charge is 2.14. The minimum Gasteiger partial charge on any atom is -0.360 e. The molecule has 1 heterocycles. The first-order valence-electron chi connectivity index (χ1n) is 5.88. The van der Waals surface area contributed by atoms with Crippen molar-refractivity contribution in [3.05, 3.63) is 47.3 Å². The van der Waals surface area contributed by atoms with E-state index in [2.05, 4.69) is 10.5 Å². The van der Waals surface area contributed by atoms with E-state index in [1.54, 1.807) is 30.3 Å². The molecule has 0 saturated carbocycles. The molecule has 19 heavy (non-hydrogen) atoms. The molecule has 2 aromatic rings. The second kappa shape index (κ2) is 5.36. The first-order chi connectivity index (χ1) is 9.10. The number of rotatable bonds is 3. The van der Waals surface area contributed by atoms with Gasteiger partial charge in [0.2, 0.25) is 0 Å². The number of carbonyl (C=O) groups excluding carboxylic acids is 1. The number of hydrogen-bond donors (Lipinski definition) is 1. The van der Waals surface area contributed by atoms with Crippen LogP contribution < -0.4 is 5.32 Å². The summed E-state index contributed by atoms with van der Waals surface area (Å²) in [4.78, 5) is 11.9. The molecule has 5 heteroatoms. The quantitative estimate of drug-likeness (QED) is 0.914. The molecule has 0 unspecified atom stereocenters. The van der Waals surface area contributed by atoms with E-state index in [-0.39, 0.29) is 17.5 Å². The fourth-order valence-corrected chi connectivity index (χ4v) is 1.53. The molecule has 5 nitrogen and oxygen atoms in total. The van der Waals surface area contributed by atoms with Crippen LogP contribution >= 0.6 is 0 Å². The summed E-state index contributed by atoms with van der Waals surface area (Å²) >= 11 is 0. The summed E-state index contributed by atoms with van der Waals surface area (Å²) in [6.07, 6.45) is 0. The highest BCUT2D eigenvalue weighted by atomic mass is 16.5. The molecular weight excluding hydrogens is 242 g/mol. The lowest BCUT2D eigenvalue weighted by atomic mass is 10.1. The molecule has 0 fully saturated rings. The zero-order chi connectivity index (χ0) is 13.8. The van der Waals surface area contributed by atoms with Gasteiger partial charge in [0.15, 0.2) is 5.69 Å². The van der Waals surface area contributed by atoms with E-state index >= 15 is 0 Å². The highest BCUT2D eigenvalue weighted by molar-refractivity contribution is 6.02. The summed E-state index contributed by atoms with van der Waals surface area (Å²) in [5, 5.41) is 15.2. The summed E-state index contributed by atoms with van der Waals surface area (Å²) < 4.78 is 5.07. The van der Waals surface area contributed by atoms with E-state index in [0.717, 1.165) is 0 Å². The normalized spacial score (nSPS) is 10.2. The smallest absolute Gasteiger partial charge is 0.277 e. The molecule has 0 aliphatic rings. The third-order valence-electron chi connectivity index (χ3n) is 2.58. The van der Waals surface area contributed by atoms with Gasteiger partial charge in [-0.3, -0.25) is 4.79 Å². The number of nitriles is 1. The van der Waals surface area contributed by atoms with Crippen LogP contribution in [0.2, 0.25) is 0 Å². The number of nitrogens with zero attached hydrogens (tertiary/aromatic N) is 2. The molecule has 0 saturated heterocycles. The Kier molecular flexibility index (Phi) is 3.62. The summed E-state index contributed by atoms with van der Waals surface area (Å²) in [6, 6.07) is 10.3. The maximum Gasteiger partial charge on any atom is 0.277 e. The molecule has 1 aromatic carbocycles. The lowest BCUT2D eigenvalue weighted by molar-refractivity contribution is 0.101. The van der Waals surface area contributed by atoms with Crippen LogP contribution in [0.5, 0.6) is 0 Å². The minimum absolute atomic E-state index is 0.177. The lowest BCUT2D eigenvalue weighted by Crippen LogP contribution is -2.12. The minimum atomic E-state index is -0.356. The number of aromatic nitrogens is 1. The fraction of sp³-hybridized carbons (Fsp3) is 0.214. The van der Waals surface area contributed by atoms with Crippen LogP contribution in [0.4, 0.5) is 5.69 Å². The molecule has 0 aliphatic carbocycles. The van der Waals surface area contributed by atoms with Gasteiger partial charge >= 0.3 is 0 Å². The van der Waals surface area contributed by atoms with E-state index in [1.165, 1.54) is 0 Å². The van der Waals surface area contributed by atoms with Crippen LogP contribution in [0, 0.1) is 11.3 Å². The average molecular weight is 255 g/mol. The maximum atomic E-state index is 11.9. The van der Waals surface area contributed by atoms with Gasteiger partial charge in [-0.2, -0.15) is 5.26 Å². The maximum absolute atomic E-state index is 11.9. The molecular formula is C14H13N3O2. The summed E-state index contributed by atoms with van der Waals surface area (Å²) in [5.74, 6) is 0.484. The first kappa shape index (κ1) is 12.8. The van der Waals surface area contributed by atoms with Gasteiger partial charge in [-0.1, -0.05) is 25.1 Å². The Bertz CT molecular complexity index is 638. The van der Waals surface area contributed by atoms with Gasteiger partial charge < -0.3 is 9.84 Å². The molecule has 0 aliphatic heterocycles. The number of amides is 1. The van der Waals surface area contributed by atoms with E-state index < -0.39 is 0 Å².